The Morgan fingerprint density at radius 1 is 1.30 bits per heavy atom. The number of halogens is 2. The third-order valence-electron chi connectivity index (χ3n) is 7.87. The molecule has 0 aromatic heterocycles. The number of hydrogen-bond acceptors (Lipinski definition) is 8. The molecule has 3 saturated heterocycles. The molecule has 0 bridgehead atoms. The minimum Gasteiger partial charge on any atom is -0.388 e. The lowest BCUT2D eigenvalue weighted by Gasteiger charge is -2.44. The number of ether oxygens (including phenoxy) is 2. The first kappa shape index (κ1) is 29.0. The Morgan fingerprint density at radius 3 is 2.78 bits per heavy atom. The summed E-state index contributed by atoms with van der Waals surface area (Å²) in [5.41, 5.74) is 0.222. The zero-order chi connectivity index (χ0) is 26.7. The van der Waals surface area contributed by atoms with E-state index in [1.165, 1.54) is 17.8 Å². The maximum atomic E-state index is 13.5. The molecule has 37 heavy (non-hydrogen) atoms. The Morgan fingerprint density at radius 2 is 2.08 bits per heavy atom. The predicted molar refractivity (Wildman–Crippen MR) is 140 cm³/mol. The first-order valence-electron chi connectivity index (χ1n) is 13.0. The highest BCUT2D eigenvalue weighted by Gasteiger charge is 2.49. The van der Waals surface area contributed by atoms with Gasteiger partial charge in [0, 0.05) is 13.2 Å². The summed E-state index contributed by atoms with van der Waals surface area (Å²) in [4.78, 5) is 13.4. The van der Waals surface area contributed by atoms with E-state index in [0.717, 1.165) is 31.2 Å². The maximum Gasteiger partial charge on any atom is 0.240 e. The van der Waals surface area contributed by atoms with Crippen LogP contribution in [0.1, 0.15) is 31.7 Å². The van der Waals surface area contributed by atoms with Gasteiger partial charge in [-0.15, -0.1) is 23.4 Å². The van der Waals surface area contributed by atoms with Gasteiger partial charge in [0.25, 0.3) is 0 Å². The first-order valence-corrected chi connectivity index (χ1v) is 14.7. The van der Waals surface area contributed by atoms with Gasteiger partial charge in [-0.3, -0.25) is 4.79 Å². The monoisotopic (exact) mass is 560 g/mol. The van der Waals surface area contributed by atoms with Gasteiger partial charge in [0.05, 0.1) is 17.5 Å². The van der Waals surface area contributed by atoms with E-state index in [9.17, 15) is 24.5 Å². The number of nitrogens with one attached hydrogen (secondary N) is 2. The number of alkyl halides is 1. The lowest BCUT2D eigenvalue weighted by Crippen LogP contribution is -2.65. The minimum atomic E-state index is -1.42. The van der Waals surface area contributed by atoms with Crippen molar-refractivity contribution in [3.63, 3.8) is 0 Å². The molecule has 5 N–H and O–H groups in total. The molecular weight excluding hydrogens is 523 g/mol. The van der Waals surface area contributed by atoms with Crippen molar-refractivity contribution in [2.75, 3.05) is 19.4 Å². The average molecular weight is 561 g/mol. The number of aliphatic hydroxyl groups excluding tert-OH is 3. The zero-order valence-electron chi connectivity index (χ0n) is 21.1. The summed E-state index contributed by atoms with van der Waals surface area (Å²) in [5.74, 6) is 0.0537. The fraction of sp³-hybridized carbons (Fsp3) is 0.731. The number of aliphatic hydroxyl groups is 3. The quantitative estimate of drug-likeness (QED) is 0.303. The largest absolute Gasteiger partial charge is 0.388 e. The van der Waals surface area contributed by atoms with E-state index in [-0.39, 0.29) is 23.7 Å². The van der Waals surface area contributed by atoms with Crippen LogP contribution in [0, 0.1) is 17.7 Å². The Bertz CT molecular complexity index is 914. The van der Waals surface area contributed by atoms with Gasteiger partial charge in [0.2, 0.25) is 5.91 Å². The second kappa shape index (κ2) is 12.9. The second-order valence-electron chi connectivity index (χ2n) is 10.4. The van der Waals surface area contributed by atoms with Gasteiger partial charge in [-0.25, -0.2) is 4.39 Å². The number of carbonyl (C=O) groups excluding carboxylic acids is 1. The molecule has 1 aromatic carbocycles. The molecule has 11 heteroatoms. The third kappa shape index (κ3) is 6.78. The molecule has 3 aliphatic heterocycles. The van der Waals surface area contributed by atoms with Crippen molar-refractivity contribution in [1.82, 2.24) is 10.6 Å². The molecule has 3 fully saturated rings. The molecule has 4 rings (SSSR count). The van der Waals surface area contributed by atoms with E-state index in [0.29, 0.717) is 19.1 Å². The van der Waals surface area contributed by atoms with Crippen molar-refractivity contribution in [2.24, 2.45) is 11.8 Å². The number of thioether (sulfide) groups is 1. The van der Waals surface area contributed by atoms with Crippen molar-refractivity contribution in [3.05, 3.63) is 35.6 Å². The second-order valence-corrected chi connectivity index (χ2v) is 12.1. The highest BCUT2D eigenvalue weighted by molar-refractivity contribution is 7.99. The molecule has 11 atom stereocenters. The molecule has 0 radical (unpaired) electrons. The van der Waals surface area contributed by atoms with Crippen LogP contribution in [-0.2, 0) is 20.7 Å². The van der Waals surface area contributed by atoms with Crippen LogP contribution in [0.4, 0.5) is 4.39 Å². The van der Waals surface area contributed by atoms with Crippen LogP contribution in [-0.4, -0.2) is 94.1 Å². The van der Waals surface area contributed by atoms with E-state index < -0.39 is 47.3 Å². The lowest BCUT2D eigenvalue weighted by atomic mass is 9.86. The van der Waals surface area contributed by atoms with Crippen molar-refractivity contribution >= 4 is 29.3 Å². The third-order valence-corrected chi connectivity index (χ3v) is 9.00. The molecule has 11 unspecified atom stereocenters. The number of carbonyl (C=O) groups is 1. The van der Waals surface area contributed by atoms with Gasteiger partial charge in [-0.05, 0) is 68.4 Å². The minimum absolute atomic E-state index is 0.164. The molecule has 208 valence electrons. The van der Waals surface area contributed by atoms with Gasteiger partial charge < -0.3 is 35.4 Å². The molecule has 1 amide bonds. The summed E-state index contributed by atoms with van der Waals surface area (Å²) in [7, 11) is 0. The number of rotatable bonds is 8. The van der Waals surface area contributed by atoms with Crippen molar-refractivity contribution < 1.29 is 34.0 Å². The van der Waals surface area contributed by atoms with Crippen LogP contribution >= 0.6 is 23.4 Å². The summed E-state index contributed by atoms with van der Waals surface area (Å²) < 4.78 is 25.5. The summed E-state index contributed by atoms with van der Waals surface area (Å²) in [6.45, 7) is 2.87. The Labute approximate surface area is 226 Å². The Hall–Kier alpha value is -0.980. The van der Waals surface area contributed by atoms with Crippen molar-refractivity contribution in [1.29, 1.82) is 0 Å². The zero-order valence-corrected chi connectivity index (χ0v) is 22.7. The fourth-order valence-electron chi connectivity index (χ4n) is 5.79. The van der Waals surface area contributed by atoms with Gasteiger partial charge in [-0.1, -0.05) is 12.1 Å². The van der Waals surface area contributed by atoms with Crippen molar-refractivity contribution in [2.45, 2.75) is 86.0 Å². The maximum absolute atomic E-state index is 13.5. The average Bonchev–Trinajstić information content (AvgIpc) is 3.15. The molecule has 0 saturated carbocycles. The summed E-state index contributed by atoms with van der Waals surface area (Å²) in [5, 5.41) is 36.7. The number of fused-ring (bicyclic) bond motifs is 1. The number of amides is 1. The van der Waals surface area contributed by atoms with E-state index >= 15 is 0 Å². The topological polar surface area (TPSA) is 120 Å². The summed E-state index contributed by atoms with van der Waals surface area (Å²) in [6, 6.07) is 5.32. The summed E-state index contributed by atoms with van der Waals surface area (Å²) >= 11 is 7.62. The van der Waals surface area contributed by atoms with Gasteiger partial charge >= 0.3 is 0 Å². The molecule has 3 aliphatic rings. The fourth-order valence-corrected chi connectivity index (χ4v) is 6.68. The number of hydrogen-bond donors (Lipinski definition) is 5. The molecule has 3 heterocycles. The van der Waals surface area contributed by atoms with Crippen LogP contribution in [0.2, 0.25) is 0 Å². The Kier molecular flexibility index (Phi) is 10.1. The normalized spacial score (nSPS) is 37.9. The summed E-state index contributed by atoms with van der Waals surface area (Å²) in [6.07, 6.45) is -0.128. The van der Waals surface area contributed by atoms with E-state index in [4.69, 9.17) is 21.1 Å². The van der Waals surface area contributed by atoms with Crippen LogP contribution in [0.5, 0.6) is 0 Å². The van der Waals surface area contributed by atoms with Crippen LogP contribution < -0.4 is 10.6 Å². The van der Waals surface area contributed by atoms with Crippen LogP contribution in [0.15, 0.2) is 24.3 Å². The lowest BCUT2D eigenvalue weighted by molar-refractivity contribution is -0.205. The molecule has 1 aromatic rings. The highest BCUT2D eigenvalue weighted by Crippen LogP contribution is 2.34. The number of aryl methyl sites for hydroxylation is 1. The number of benzene rings is 1. The first-order chi connectivity index (χ1) is 17.7. The van der Waals surface area contributed by atoms with Crippen LogP contribution in [0.3, 0.4) is 0 Å². The van der Waals surface area contributed by atoms with E-state index in [2.05, 4.69) is 10.6 Å². The van der Waals surface area contributed by atoms with Crippen LogP contribution in [0.25, 0.3) is 0 Å². The smallest absolute Gasteiger partial charge is 0.240 e. The standard InChI is InChI=1S/C26H38ClFN2O6S/c1-13(27)18(24-21(32)20(31)22(33)26(36-24)37-2)30-25(34)19-23-16(12-29-19)10-15(8-9-35-23)7-6-14-4-3-5-17(28)11-14/h3-5,11,13,15-16,18-24,26,29,31-33H,6-10,12H2,1-2H3,(H,30,34). The molecule has 0 aliphatic carbocycles. The van der Waals surface area contributed by atoms with E-state index in [1.807, 2.05) is 6.07 Å². The molecule has 0 spiro atoms. The van der Waals surface area contributed by atoms with Gasteiger partial charge in [0.1, 0.15) is 41.7 Å². The highest BCUT2D eigenvalue weighted by atomic mass is 35.5. The van der Waals surface area contributed by atoms with E-state index in [1.54, 1.807) is 25.3 Å². The SMILES string of the molecule is CSC1OC(C(NC(=O)C2NCC3CC(CCc4cccc(F)c4)CCOC32)C(C)Cl)C(O)C(O)C1O. The van der Waals surface area contributed by atoms with Gasteiger partial charge in [0.15, 0.2) is 0 Å². The van der Waals surface area contributed by atoms with Crippen molar-refractivity contribution in [3.8, 4) is 0 Å². The predicted octanol–water partition coefficient (Wildman–Crippen LogP) is 1.42. The Balaban J connectivity index is 1.37. The molecule has 8 nitrogen and oxygen atoms in total. The van der Waals surface area contributed by atoms with Gasteiger partial charge in [-0.2, -0.15) is 0 Å². The molecular formula is C26H38ClFN2O6S.